The molecular formula is C13H13BrFN3. The highest BCUT2D eigenvalue weighted by atomic mass is 79.9. The summed E-state index contributed by atoms with van der Waals surface area (Å²) in [5.74, 6) is -0.178. The highest BCUT2D eigenvalue weighted by Crippen LogP contribution is 2.25. The number of halogens is 2. The van der Waals surface area contributed by atoms with Crippen LogP contribution < -0.4 is 5.32 Å². The Balaban J connectivity index is 2.28. The van der Waals surface area contributed by atoms with Gasteiger partial charge in [0.1, 0.15) is 0 Å². The van der Waals surface area contributed by atoms with E-state index in [0.29, 0.717) is 4.47 Å². The maximum absolute atomic E-state index is 13.7. The molecule has 0 aliphatic rings. The molecule has 2 rings (SSSR count). The maximum atomic E-state index is 13.7. The molecule has 2 heterocycles. The number of hydrogen-bond acceptors (Lipinski definition) is 3. The van der Waals surface area contributed by atoms with E-state index >= 15 is 0 Å². The lowest BCUT2D eigenvalue weighted by molar-refractivity contribution is 0.563. The molecule has 0 aliphatic carbocycles. The number of pyridine rings is 2. The number of rotatable bonds is 3. The van der Waals surface area contributed by atoms with Gasteiger partial charge in [-0.3, -0.25) is 4.98 Å². The van der Waals surface area contributed by atoms with E-state index in [1.54, 1.807) is 12.4 Å². The molecule has 0 amide bonds. The summed E-state index contributed by atoms with van der Waals surface area (Å²) in [5.41, 5.74) is 0.331. The normalized spacial score (nSPS) is 11.3. The maximum Gasteiger partial charge on any atom is 0.166 e. The Bertz CT molecular complexity index is 543. The van der Waals surface area contributed by atoms with Crippen LogP contribution in [0.15, 0.2) is 41.1 Å². The molecule has 94 valence electrons. The third-order valence-corrected chi connectivity index (χ3v) is 2.98. The first kappa shape index (κ1) is 13.0. The summed E-state index contributed by atoms with van der Waals surface area (Å²) < 4.78 is 14.3. The predicted molar refractivity (Wildman–Crippen MR) is 72.8 cm³/mol. The van der Waals surface area contributed by atoms with Crippen LogP contribution in [0.25, 0.3) is 0 Å². The Kier molecular flexibility index (Phi) is 3.61. The molecule has 18 heavy (non-hydrogen) atoms. The Labute approximate surface area is 114 Å². The second-order valence-electron chi connectivity index (χ2n) is 4.45. The summed E-state index contributed by atoms with van der Waals surface area (Å²) in [7, 11) is 0. The minimum absolute atomic E-state index is 0.217. The van der Waals surface area contributed by atoms with E-state index in [0.717, 1.165) is 5.69 Å². The minimum atomic E-state index is -0.497. The summed E-state index contributed by atoms with van der Waals surface area (Å²) in [6.07, 6.45) is 3.27. The highest BCUT2D eigenvalue weighted by Gasteiger charge is 2.23. The van der Waals surface area contributed by atoms with Crippen LogP contribution in [0.2, 0.25) is 0 Å². The Morgan fingerprint density at radius 2 is 2.06 bits per heavy atom. The Morgan fingerprint density at radius 3 is 2.67 bits per heavy atom. The van der Waals surface area contributed by atoms with Crippen molar-refractivity contribution in [3.8, 4) is 0 Å². The van der Waals surface area contributed by atoms with Gasteiger partial charge in [-0.05, 0) is 48.0 Å². The van der Waals surface area contributed by atoms with Crippen molar-refractivity contribution in [3.63, 3.8) is 0 Å². The SMILES string of the molecule is CC(C)(Nc1ncc(Br)cc1F)c1ccccn1. The second kappa shape index (κ2) is 5.02. The molecule has 0 unspecified atom stereocenters. The van der Waals surface area contributed by atoms with Gasteiger partial charge in [-0.15, -0.1) is 0 Å². The molecule has 0 saturated heterocycles. The summed E-state index contributed by atoms with van der Waals surface area (Å²) in [6.45, 7) is 3.86. The molecule has 0 bridgehead atoms. The first-order valence-corrected chi connectivity index (χ1v) is 6.29. The number of nitrogens with one attached hydrogen (secondary N) is 1. The van der Waals surface area contributed by atoms with Gasteiger partial charge in [0.15, 0.2) is 11.6 Å². The van der Waals surface area contributed by atoms with Crippen molar-refractivity contribution in [2.45, 2.75) is 19.4 Å². The van der Waals surface area contributed by atoms with E-state index in [-0.39, 0.29) is 5.82 Å². The van der Waals surface area contributed by atoms with Gasteiger partial charge in [-0.2, -0.15) is 0 Å². The molecule has 5 heteroatoms. The van der Waals surface area contributed by atoms with Crippen molar-refractivity contribution in [2.75, 3.05) is 5.32 Å². The zero-order valence-electron chi connectivity index (χ0n) is 10.1. The molecule has 0 radical (unpaired) electrons. The van der Waals surface area contributed by atoms with Crippen LogP contribution in [-0.4, -0.2) is 9.97 Å². The smallest absolute Gasteiger partial charge is 0.166 e. The molecule has 0 atom stereocenters. The summed E-state index contributed by atoms with van der Waals surface area (Å²) in [5, 5.41) is 3.06. The fourth-order valence-corrected chi connectivity index (χ4v) is 1.90. The van der Waals surface area contributed by atoms with E-state index in [1.807, 2.05) is 32.0 Å². The molecule has 1 N–H and O–H groups in total. The quantitative estimate of drug-likeness (QED) is 0.939. The molecular weight excluding hydrogens is 297 g/mol. The summed E-state index contributed by atoms with van der Waals surface area (Å²) >= 11 is 3.18. The fraction of sp³-hybridized carbons (Fsp3) is 0.231. The summed E-state index contributed by atoms with van der Waals surface area (Å²) in [6, 6.07) is 7.02. The Morgan fingerprint density at radius 1 is 1.28 bits per heavy atom. The van der Waals surface area contributed by atoms with Gasteiger partial charge in [0.25, 0.3) is 0 Å². The van der Waals surface area contributed by atoms with E-state index in [1.165, 1.54) is 6.07 Å². The molecule has 0 aromatic carbocycles. The van der Waals surface area contributed by atoms with Crippen LogP contribution in [-0.2, 0) is 5.54 Å². The summed E-state index contributed by atoms with van der Waals surface area (Å²) in [4.78, 5) is 8.30. The standard InChI is InChI=1S/C13H13BrFN3/c1-13(2,11-5-3-4-6-16-11)18-12-10(15)7-9(14)8-17-12/h3-8H,1-2H3,(H,17,18). The number of nitrogens with zero attached hydrogens (tertiary/aromatic N) is 2. The van der Waals surface area contributed by atoms with Gasteiger partial charge >= 0.3 is 0 Å². The monoisotopic (exact) mass is 309 g/mol. The molecule has 3 nitrogen and oxygen atoms in total. The van der Waals surface area contributed by atoms with E-state index in [9.17, 15) is 4.39 Å². The van der Waals surface area contributed by atoms with Crippen LogP contribution in [0.1, 0.15) is 19.5 Å². The molecule has 2 aromatic heterocycles. The highest BCUT2D eigenvalue weighted by molar-refractivity contribution is 9.10. The van der Waals surface area contributed by atoms with Crippen LogP contribution in [0, 0.1) is 5.82 Å². The average molecular weight is 310 g/mol. The number of hydrogen-bond donors (Lipinski definition) is 1. The van der Waals surface area contributed by atoms with E-state index in [2.05, 4.69) is 31.2 Å². The average Bonchev–Trinajstić information content (AvgIpc) is 2.34. The van der Waals surface area contributed by atoms with Gasteiger partial charge in [0.05, 0.1) is 11.2 Å². The zero-order chi connectivity index (χ0) is 13.2. The van der Waals surface area contributed by atoms with Gasteiger partial charge in [-0.1, -0.05) is 6.07 Å². The van der Waals surface area contributed by atoms with Gasteiger partial charge < -0.3 is 5.32 Å². The van der Waals surface area contributed by atoms with Crippen molar-refractivity contribution in [1.82, 2.24) is 9.97 Å². The van der Waals surface area contributed by atoms with Gasteiger partial charge in [0.2, 0.25) is 0 Å². The van der Waals surface area contributed by atoms with Crippen LogP contribution >= 0.6 is 15.9 Å². The van der Waals surface area contributed by atoms with Crippen molar-refractivity contribution in [1.29, 1.82) is 0 Å². The third kappa shape index (κ3) is 2.85. The minimum Gasteiger partial charge on any atom is -0.357 e. The third-order valence-electron chi connectivity index (χ3n) is 2.54. The lowest BCUT2D eigenvalue weighted by atomic mass is 10.00. The first-order valence-electron chi connectivity index (χ1n) is 5.50. The van der Waals surface area contributed by atoms with E-state index in [4.69, 9.17) is 0 Å². The number of aromatic nitrogens is 2. The topological polar surface area (TPSA) is 37.8 Å². The second-order valence-corrected chi connectivity index (χ2v) is 5.36. The number of anilines is 1. The van der Waals surface area contributed by atoms with Gasteiger partial charge in [-0.25, -0.2) is 9.37 Å². The first-order chi connectivity index (χ1) is 8.49. The van der Waals surface area contributed by atoms with Crippen molar-refractivity contribution >= 4 is 21.7 Å². The van der Waals surface area contributed by atoms with Crippen LogP contribution in [0.3, 0.4) is 0 Å². The zero-order valence-corrected chi connectivity index (χ0v) is 11.7. The molecule has 0 aliphatic heterocycles. The lowest BCUT2D eigenvalue weighted by Gasteiger charge is -2.26. The Hall–Kier alpha value is -1.49. The molecule has 0 spiro atoms. The van der Waals surface area contributed by atoms with Crippen LogP contribution in [0.5, 0.6) is 0 Å². The van der Waals surface area contributed by atoms with Crippen LogP contribution in [0.4, 0.5) is 10.2 Å². The van der Waals surface area contributed by atoms with Crippen molar-refractivity contribution < 1.29 is 4.39 Å². The lowest BCUT2D eigenvalue weighted by Crippen LogP contribution is -2.30. The largest absolute Gasteiger partial charge is 0.357 e. The predicted octanol–water partition coefficient (Wildman–Crippen LogP) is 3.73. The molecule has 0 fully saturated rings. The molecule has 2 aromatic rings. The molecule has 0 saturated carbocycles. The van der Waals surface area contributed by atoms with Crippen molar-refractivity contribution in [3.05, 3.63) is 52.6 Å². The van der Waals surface area contributed by atoms with Gasteiger partial charge in [0, 0.05) is 16.9 Å². The fourth-order valence-electron chi connectivity index (χ4n) is 1.60. The van der Waals surface area contributed by atoms with Crippen molar-refractivity contribution in [2.24, 2.45) is 0 Å². The van der Waals surface area contributed by atoms with E-state index < -0.39 is 11.4 Å².